The maximum Gasteiger partial charge on any atom is 0.341 e. The molecule has 0 amide bonds. The molecular weight excluding hydrogens is 398 g/mol. The number of hydrogen-bond acceptors (Lipinski definition) is 7. The van der Waals surface area contributed by atoms with Crippen LogP contribution in [-0.4, -0.2) is 49.8 Å². The minimum Gasteiger partial charge on any atom is -0.471 e. The zero-order valence-corrected chi connectivity index (χ0v) is 17.8. The van der Waals surface area contributed by atoms with Crippen LogP contribution < -0.4 is 0 Å². The normalized spacial score (nSPS) is 19.9. The predicted octanol–water partition coefficient (Wildman–Crippen LogP) is 3.30. The van der Waals surface area contributed by atoms with Gasteiger partial charge in [-0.05, 0) is 30.5 Å². The van der Waals surface area contributed by atoms with Crippen LogP contribution in [0.5, 0.6) is 0 Å². The Morgan fingerprint density at radius 3 is 2.39 bits per heavy atom. The van der Waals surface area contributed by atoms with Gasteiger partial charge >= 0.3 is 11.9 Å². The Labute approximate surface area is 182 Å². The van der Waals surface area contributed by atoms with Gasteiger partial charge < -0.3 is 18.9 Å². The molecule has 0 N–H and O–H groups in total. The zero-order valence-electron chi connectivity index (χ0n) is 17.8. The topological polar surface area (TPSA) is 83.4 Å². The second kappa shape index (κ2) is 10.7. The number of nitrogens with zero attached hydrogens (tertiary/aromatic N) is 1. The van der Waals surface area contributed by atoms with Crippen LogP contribution in [-0.2, 0) is 35.1 Å². The maximum atomic E-state index is 12.8. The lowest BCUT2D eigenvalue weighted by Crippen LogP contribution is -2.50. The molecule has 0 saturated heterocycles. The van der Waals surface area contributed by atoms with E-state index in [4.69, 9.17) is 18.9 Å². The summed E-state index contributed by atoms with van der Waals surface area (Å²) in [7, 11) is 1.29. The van der Waals surface area contributed by atoms with Crippen molar-refractivity contribution >= 4 is 17.8 Å². The van der Waals surface area contributed by atoms with Crippen LogP contribution in [0.4, 0.5) is 0 Å². The summed E-state index contributed by atoms with van der Waals surface area (Å²) in [6.45, 7) is 2.03. The molecule has 2 atom stereocenters. The van der Waals surface area contributed by atoms with Gasteiger partial charge in [-0.3, -0.25) is 4.79 Å². The van der Waals surface area contributed by atoms with Crippen LogP contribution in [0.15, 0.2) is 65.7 Å². The monoisotopic (exact) mass is 425 g/mol. The SMILES string of the molecule is COC(=O)[C@@]1(COC(C)=O)N=C(c2ccccc2)O[C@H]1CCCOCc1ccccc1. The third-order valence-corrected chi connectivity index (χ3v) is 5.01. The van der Waals surface area contributed by atoms with Gasteiger partial charge in [-0.1, -0.05) is 48.5 Å². The number of carbonyl (C=O) groups is 2. The van der Waals surface area contributed by atoms with Crippen molar-refractivity contribution in [1.29, 1.82) is 0 Å². The predicted molar refractivity (Wildman–Crippen MR) is 115 cm³/mol. The van der Waals surface area contributed by atoms with E-state index in [1.54, 1.807) is 0 Å². The minimum absolute atomic E-state index is 0.249. The van der Waals surface area contributed by atoms with Gasteiger partial charge in [0.1, 0.15) is 12.7 Å². The van der Waals surface area contributed by atoms with Gasteiger partial charge in [-0.15, -0.1) is 0 Å². The van der Waals surface area contributed by atoms with Crippen LogP contribution >= 0.6 is 0 Å². The van der Waals surface area contributed by atoms with E-state index >= 15 is 0 Å². The number of methoxy groups -OCH3 is 1. The van der Waals surface area contributed by atoms with Crippen LogP contribution in [0, 0.1) is 0 Å². The van der Waals surface area contributed by atoms with E-state index in [9.17, 15) is 9.59 Å². The number of benzene rings is 2. The van der Waals surface area contributed by atoms with E-state index in [1.165, 1.54) is 14.0 Å². The molecule has 0 radical (unpaired) electrons. The second-order valence-electron chi connectivity index (χ2n) is 7.27. The number of ether oxygens (including phenoxy) is 4. The molecule has 0 saturated carbocycles. The van der Waals surface area contributed by atoms with E-state index in [1.807, 2.05) is 60.7 Å². The number of esters is 2. The molecule has 0 fully saturated rings. The highest BCUT2D eigenvalue weighted by atomic mass is 16.6. The average molecular weight is 425 g/mol. The molecule has 1 aliphatic rings. The first kappa shape index (κ1) is 22.5. The molecule has 1 heterocycles. The molecule has 2 aromatic carbocycles. The zero-order chi connectivity index (χ0) is 22.1. The molecule has 31 heavy (non-hydrogen) atoms. The third kappa shape index (κ3) is 5.70. The largest absolute Gasteiger partial charge is 0.471 e. The van der Waals surface area contributed by atoms with Crippen LogP contribution in [0.2, 0.25) is 0 Å². The molecule has 0 aliphatic carbocycles. The lowest BCUT2D eigenvalue weighted by molar-refractivity contribution is -0.157. The van der Waals surface area contributed by atoms with Crippen molar-refractivity contribution in [2.24, 2.45) is 4.99 Å². The van der Waals surface area contributed by atoms with Crippen molar-refractivity contribution in [1.82, 2.24) is 0 Å². The summed E-state index contributed by atoms with van der Waals surface area (Å²) in [5.74, 6) is -0.778. The summed E-state index contributed by atoms with van der Waals surface area (Å²) in [5.41, 5.74) is 0.375. The number of carbonyl (C=O) groups excluding carboxylic acids is 2. The number of rotatable bonds is 10. The van der Waals surface area contributed by atoms with Crippen molar-refractivity contribution in [3.8, 4) is 0 Å². The highest BCUT2D eigenvalue weighted by Crippen LogP contribution is 2.33. The number of hydrogen-bond donors (Lipinski definition) is 0. The fourth-order valence-corrected chi connectivity index (χ4v) is 3.41. The second-order valence-corrected chi connectivity index (χ2v) is 7.27. The molecule has 0 bridgehead atoms. The first-order valence-electron chi connectivity index (χ1n) is 10.2. The molecule has 0 spiro atoms. The Hall–Kier alpha value is -3.19. The Balaban J connectivity index is 1.71. The highest BCUT2D eigenvalue weighted by Gasteiger charge is 2.54. The lowest BCUT2D eigenvalue weighted by Gasteiger charge is -2.28. The Morgan fingerprint density at radius 1 is 1.06 bits per heavy atom. The van der Waals surface area contributed by atoms with Crippen molar-refractivity contribution in [3.63, 3.8) is 0 Å². The molecule has 7 heteroatoms. The Bertz CT molecular complexity index is 899. The smallest absolute Gasteiger partial charge is 0.341 e. The summed E-state index contributed by atoms with van der Waals surface area (Å²) in [5, 5.41) is 0. The fourth-order valence-electron chi connectivity index (χ4n) is 3.41. The van der Waals surface area contributed by atoms with Gasteiger partial charge in [0, 0.05) is 19.1 Å². The molecular formula is C24H27NO6. The molecule has 2 aromatic rings. The van der Waals surface area contributed by atoms with Gasteiger partial charge in [-0.2, -0.15) is 0 Å². The standard InChI is InChI=1S/C24H27NO6/c1-18(26)30-17-24(23(27)28-2)21(31-22(25-24)20-12-7-4-8-13-20)14-9-15-29-16-19-10-5-3-6-11-19/h3-8,10-13,21H,9,14-17H2,1-2H3/t21-,24-/m0/s1. The van der Waals surface area contributed by atoms with Gasteiger partial charge in [0.05, 0.1) is 13.7 Å². The molecule has 0 aromatic heterocycles. The lowest BCUT2D eigenvalue weighted by atomic mass is 9.91. The van der Waals surface area contributed by atoms with E-state index < -0.39 is 23.6 Å². The number of aliphatic imine (C=N–C) groups is 1. The fraction of sp³-hybridized carbons (Fsp3) is 0.375. The summed E-state index contributed by atoms with van der Waals surface area (Å²) in [6, 6.07) is 19.2. The van der Waals surface area contributed by atoms with Crippen molar-refractivity contribution in [3.05, 3.63) is 71.8 Å². The summed E-state index contributed by atoms with van der Waals surface area (Å²) in [6.07, 6.45) is 0.466. The summed E-state index contributed by atoms with van der Waals surface area (Å²) >= 11 is 0. The van der Waals surface area contributed by atoms with E-state index in [-0.39, 0.29) is 6.61 Å². The summed E-state index contributed by atoms with van der Waals surface area (Å²) in [4.78, 5) is 28.8. The first-order valence-corrected chi connectivity index (χ1v) is 10.2. The van der Waals surface area contributed by atoms with Crippen molar-refractivity contribution < 1.29 is 28.5 Å². The first-order chi connectivity index (χ1) is 15.0. The van der Waals surface area contributed by atoms with Gasteiger partial charge in [-0.25, -0.2) is 9.79 Å². The van der Waals surface area contributed by atoms with E-state index in [0.29, 0.717) is 32.0 Å². The molecule has 1 aliphatic heterocycles. The van der Waals surface area contributed by atoms with Crippen molar-refractivity contribution in [2.75, 3.05) is 20.3 Å². The van der Waals surface area contributed by atoms with Crippen LogP contribution in [0.1, 0.15) is 30.9 Å². The van der Waals surface area contributed by atoms with Gasteiger partial charge in [0.2, 0.25) is 11.4 Å². The third-order valence-electron chi connectivity index (χ3n) is 5.01. The van der Waals surface area contributed by atoms with Crippen molar-refractivity contribution in [2.45, 2.75) is 38.0 Å². The maximum absolute atomic E-state index is 12.8. The average Bonchev–Trinajstić information content (AvgIpc) is 3.18. The highest BCUT2D eigenvalue weighted by molar-refractivity contribution is 5.99. The van der Waals surface area contributed by atoms with Crippen LogP contribution in [0.3, 0.4) is 0 Å². The molecule has 164 valence electrons. The van der Waals surface area contributed by atoms with E-state index in [2.05, 4.69) is 4.99 Å². The summed E-state index contributed by atoms with van der Waals surface area (Å²) < 4.78 is 22.1. The minimum atomic E-state index is -1.45. The quantitative estimate of drug-likeness (QED) is 0.429. The Morgan fingerprint density at radius 2 is 1.74 bits per heavy atom. The van der Waals surface area contributed by atoms with Crippen LogP contribution in [0.25, 0.3) is 0 Å². The van der Waals surface area contributed by atoms with Gasteiger partial charge in [0.25, 0.3) is 0 Å². The molecule has 7 nitrogen and oxygen atoms in total. The molecule has 3 rings (SSSR count). The molecule has 0 unspecified atom stereocenters. The van der Waals surface area contributed by atoms with Gasteiger partial charge in [0.15, 0.2) is 0 Å². The van der Waals surface area contributed by atoms with E-state index in [0.717, 1.165) is 11.1 Å². The Kier molecular flexibility index (Phi) is 7.78.